The molecule has 2 N–H and O–H groups in total. The number of carbonyl (C=O) groups is 2. The Labute approximate surface area is 112 Å². The van der Waals surface area contributed by atoms with Crippen molar-refractivity contribution < 1.29 is 9.59 Å². The third-order valence-corrected chi connectivity index (χ3v) is 3.50. The summed E-state index contributed by atoms with van der Waals surface area (Å²) in [4.78, 5) is 28.1. The first-order chi connectivity index (χ1) is 8.89. The minimum absolute atomic E-state index is 0.00308. The molecule has 2 unspecified atom stereocenters. The van der Waals surface area contributed by atoms with Gasteiger partial charge in [0, 0.05) is 18.7 Å². The van der Waals surface area contributed by atoms with Crippen molar-refractivity contribution in [2.75, 3.05) is 11.9 Å². The molecule has 0 bridgehead atoms. The second-order valence-electron chi connectivity index (χ2n) is 5.93. The van der Waals surface area contributed by atoms with E-state index in [1.165, 1.54) is 0 Å². The SMILES string of the molecule is CC(C)(C)C1CNC(=O)C1C(=O)Nc1cccnc1. The van der Waals surface area contributed by atoms with Crippen LogP contribution in [-0.4, -0.2) is 23.3 Å². The molecule has 0 aromatic carbocycles. The van der Waals surface area contributed by atoms with E-state index in [1.807, 2.05) is 20.8 Å². The molecule has 1 saturated heterocycles. The van der Waals surface area contributed by atoms with Crippen molar-refractivity contribution in [3.63, 3.8) is 0 Å². The zero-order valence-corrected chi connectivity index (χ0v) is 11.4. The smallest absolute Gasteiger partial charge is 0.237 e. The highest BCUT2D eigenvalue weighted by Crippen LogP contribution is 2.35. The first kappa shape index (κ1) is 13.5. The van der Waals surface area contributed by atoms with Crippen LogP contribution in [0, 0.1) is 17.3 Å². The van der Waals surface area contributed by atoms with Crippen LogP contribution in [0.25, 0.3) is 0 Å². The summed E-state index contributed by atoms with van der Waals surface area (Å²) in [5.74, 6) is -1.10. The Kier molecular flexibility index (Phi) is 3.55. The first-order valence-electron chi connectivity index (χ1n) is 6.38. The van der Waals surface area contributed by atoms with E-state index < -0.39 is 5.92 Å². The van der Waals surface area contributed by atoms with Gasteiger partial charge < -0.3 is 10.6 Å². The van der Waals surface area contributed by atoms with Gasteiger partial charge >= 0.3 is 0 Å². The number of hydrogen-bond donors (Lipinski definition) is 2. The van der Waals surface area contributed by atoms with Gasteiger partial charge in [-0.1, -0.05) is 20.8 Å². The molecule has 1 aliphatic rings. The van der Waals surface area contributed by atoms with Crippen molar-refractivity contribution in [2.45, 2.75) is 20.8 Å². The van der Waals surface area contributed by atoms with Crippen molar-refractivity contribution in [2.24, 2.45) is 17.3 Å². The van der Waals surface area contributed by atoms with E-state index in [-0.39, 0.29) is 23.1 Å². The van der Waals surface area contributed by atoms with Gasteiger partial charge in [-0.3, -0.25) is 14.6 Å². The van der Waals surface area contributed by atoms with Crippen LogP contribution in [0.1, 0.15) is 20.8 Å². The summed E-state index contributed by atoms with van der Waals surface area (Å²) in [7, 11) is 0. The van der Waals surface area contributed by atoms with Gasteiger partial charge in [-0.2, -0.15) is 0 Å². The lowest BCUT2D eigenvalue weighted by Gasteiger charge is -2.29. The predicted octanol–water partition coefficient (Wildman–Crippen LogP) is 1.43. The molecular formula is C14H19N3O2. The van der Waals surface area contributed by atoms with Gasteiger partial charge in [0.25, 0.3) is 0 Å². The van der Waals surface area contributed by atoms with Crippen molar-refractivity contribution >= 4 is 17.5 Å². The van der Waals surface area contributed by atoms with Crippen LogP contribution in [0.4, 0.5) is 5.69 Å². The van der Waals surface area contributed by atoms with Gasteiger partial charge in [0.1, 0.15) is 5.92 Å². The normalized spacial score (nSPS) is 23.0. The number of nitrogens with one attached hydrogen (secondary N) is 2. The third kappa shape index (κ3) is 2.92. The van der Waals surface area contributed by atoms with Gasteiger partial charge in [0.05, 0.1) is 11.9 Å². The summed E-state index contributed by atoms with van der Waals surface area (Å²) in [5.41, 5.74) is 0.510. The van der Waals surface area contributed by atoms with Crippen LogP contribution < -0.4 is 10.6 Å². The van der Waals surface area contributed by atoms with E-state index >= 15 is 0 Å². The molecule has 2 rings (SSSR count). The fourth-order valence-electron chi connectivity index (χ4n) is 2.39. The number of carbonyl (C=O) groups excluding carboxylic acids is 2. The second-order valence-corrected chi connectivity index (χ2v) is 5.93. The Hall–Kier alpha value is -1.91. The molecule has 0 spiro atoms. The molecular weight excluding hydrogens is 242 g/mol. The minimum atomic E-state index is -0.639. The molecule has 1 fully saturated rings. The molecule has 2 heterocycles. The lowest BCUT2D eigenvalue weighted by molar-refractivity contribution is -0.132. The first-order valence-corrected chi connectivity index (χ1v) is 6.38. The Bertz CT molecular complexity index is 479. The minimum Gasteiger partial charge on any atom is -0.355 e. The summed E-state index contributed by atoms with van der Waals surface area (Å²) in [6, 6.07) is 3.50. The lowest BCUT2D eigenvalue weighted by Crippen LogP contribution is -2.37. The number of rotatable bonds is 2. The Morgan fingerprint density at radius 2 is 2.21 bits per heavy atom. The molecule has 5 nitrogen and oxygen atoms in total. The zero-order chi connectivity index (χ0) is 14.0. The average molecular weight is 261 g/mol. The van der Waals surface area contributed by atoms with Crippen molar-refractivity contribution in [1.82, 2.24) is 10.3 Å². The number of anilines is 1. The van der Waals surface area contributed by atoms with Gasteiger partial charge in [-0.15, -0.1) is 0 Å². The molecule has 102 valence electrons. The summed E-state index contributed by atoms with van der Waals surface area (Å²) in [5, 5.41) is 5.53. The van der Waals surface area contributed by atoms with Gasteiger partial charge in [-0.25, -0.2) is 0 Å². The molecule has 0 aliphatic carbocycles. The highest BCUT2D eigenvalue weighted by molar-refractivity contribution is 6.07. The van der Waals surface area contributed by atoms with E-state index in [2.05, 4.69) is 15.6 Å². The maximum atomic E-state index is 12.3. The maximum absolute atomic E-state index is 12.3. The maximum Gasteiger partial charge on any atom is 0.237 e. The zero-order valence-electron chi connectivity index (χ0n) is 11.4. The number of aromatic nitrogens is 1. The molecule has 19 heavy (non-hydrogen) atoms. The Morgan fingerprint density at radius 1 is 1.47 bits per heavy atom. The number of nitrogens with zero attached hydrogens (tertiary/aromatic N) is 1. The molecule has 2 atom stereocenters. The second kappa shape index (κ2) is 4.99. The van der Waals surface area contributed by atoms with Crippen LogP contribution in [0.2, 0.25) is 0 Å². The van der Waals surface area contributed by atoms with Gasteiger partial charge in [0.2, 0.25) is 11.8 Å². The van der Waals surface area contributed by atoms with Crippen LogP contribution >= 0.6 is 0 Å². The van der Waals surface area contributed by atoms with E-state index in [0.29, 0.717) is 12.2 Å². The third-order valence-electron chi connectivity index (χ3n) is 3.50. The molecule has 1 aromatic rings. The van der Waals surface area contributed by atoms with Crippen LogP contribution in [0.15, 0.2) is 24.5 Å². The Morgan fingerprint density at radius 3 is 2.79 bits per heavy atom. The van der Waals surface area contributed by atoms with Crippen LogP contribution in [0.3, 0.4) is 0 Å². The predicted molar refractivity (Wildman–Crippen MR) is 72.3 cm³/mol. The van der Waals surface area contributed by atoms with E-state index in [9.17, 15) is 9.59 Å². The number of amides is 2. The highest BCUT2D eigenvalue weighted by Gasteiger charge is 2.45. The quantitative estimate of drug-likeness (QED) is 0.791. The molecule has 1 aliphatic heterocycles. The largest absolute Gasteiger partial charge is 0.355 e. The van der Waals surface area contributed by atoms with Gasteiger partial charge in [0.15, 0.2) is 0 Å². The monoisotopic (exact) mass is 261 g/mol. The standard InChI is InChI=1S/C14H19N3O2/c1-14(2,3)10-8-16-12(18)11(10)13(19)17-9-5-4-6-15-7-9/h4-7,10-11H,8H2,1-3H3,(H,16,18)(H,17,19). The lowest BCUT2D eigenvalue weighted by atomic mass is 9.74. The van der Waals surface area contributed by atoms with Crippen molar-refractivity contribution in [1.29, 1.82) is 0 Å². The van der Waals surface area contributed by atoms with E-state index in [0.717, 1.165) is 0 Å². The molecule has 5 heteroatoms. The van der Waals surface area contributed by atoms with Crippen molar-refractivity contribution in [3.8, 4) is 0 Å². The molecule has 1 aromatic heterocycles. The highest BCUT2D eigenvalue weighted by atomic mass is 16.2. The molecule has 0 saturated carbocycles. The van der Waals surface area contributed by atoms with Gasteiger partial charge in [-0.05, 0) is 17.5 Å². The van der Waals surface area contributed by atoms with E-state index in [1.54, 1.807) is 24.5 Å². The molecule has 0 radical (unpaired) electrons. The fraction of sp³-hybridized carbons (Fsp3) is 0.500. The van der Waals surface area contributed by atoms with Crippen LogP contribution in [0.5, 0.6) is 0 Å². The molecule has 2 amide bonds. The Balaban J connectivity index is 2.15. The van der Waals surface area contributed by atoms with Crippen molar-refractivity contribution in [3.05, 3.63) is 24.5 Å². The summed E-state index contributed by atoms with van der Waals surface area (Å²) in [6.07, 6.45) is 3.20. The number of pyridine rings is 1. The topological polar surface area (TPSA) is 71.1 Å². The summed E-state index contributed by atoms with van der Waals surface area (Å²) in [6.45, 7) is 6.68. The summed E-state index contributed by atoms with van der Waals surface area (Å²) < 4.78 is 0. The summed E-state index contributed by atoms with van der Waals surface area (Å²) >= 11 is 0. The fourth-order valence-corrected chi connectivity index (χ4v) is 2.39. The average Bonchev–Trinajstić information content (AvgIpc) is 2.72. The van der Waals surface area contributed by atoms with E-state index in [4.69, 9.17) is 0 Å². The van der Waals surface area contributed by atoms with Crippen LogP contribution in [-0.2, 0) is 9.59 Å². The number of hydrogen-bond acceptors (Lipinski definition) is 3.